The molecule has 6 nitrogen and oxygen atoms in total. The first-order valence-electron chi connectivity index (χ1n) is 9.63. The molecule has 0 saturated carbocycles. The lowest BCUT2D eigenvalue weighted by molar-refractivity contribution is 0.443. The summed E-state index contributed by atoms with van der Waals surface area (Å²) < 4.78 is 7.92. The molecule has 28 heavy (non-hydrogen) atoms. The summed E-state index contributed by atoms with van der Waals surface area (Å²) in [6, 6.07) is 10.9. The second kappa shape index (κ2) is 7.48. The number of hydrogen-bond acceptors (Lipinski definition) is 6. The fourth-order valence-corrected chi connectivity index (χ4v) is 5.00. The van der Waals surface area contributed by atoms with Crippen LogP contribution in [-0.2, 0) is 7.05 Å². The number of benzene rings is 1. The van der Waals surface area contributed by atoms with Gasteiger partial charge in [-0.1, -0.05) is 0 Å². The number of nitrogens with zero attached hydrogens (tertiary/aromatic N) is 4. The van der Waals surface area contributed by atoms with Crippen LogP contribution in [0, 0.1) is 0 Å². The smallest absolute Gasteiger partial charge is 0.131 e. The number of ether oxygens (including phenoxy) is 1. The topological polar surface area (TPSA) is 55.2 Å². The molecular formula is C21H23N5OS. The van der Waals surface area contributed by atoms with E-state index in [4.69, 9.17) is 4.74 Å². The highest BCUT2D eigenvalue weighted by Gasteiger charge is 2.28. The SMILES string of the molecule is Cn1cc(-c2cc(Oc3ccc4c(c3)SCN4[C@H]3CCCNC3)ccn2)cn1. The summed E-state index contributed by atoms with van der Waals surface area (Å²) in [4.78, 5) is 8.26. The number of thioether (sulfide) groups is 1. The van der Waals surface area contributed by atoms with Crippen molar-refractivity contribution in [1.29, 1.82) is 0 Å². The van der Waals surface area contributed by atoms with Crippen molar-refractivity contribution >= 4 is 17.4 Å². The van der Waals surface area contributed by atoms with Gasteiger partial charge in [-0.2, -0.15) is 5.10 Å². The van der Waals surface area contributed by atoms with E-state index in [1.807, 2.05) is 43.3 Å². The number of piperidine rings is 1. The fraction of sp³-hybridized carbons (Fsp3) is 0.333. The maximum atomic E-state index is 6.14. The normalized spacial score (nSPS) is 18.9. The third kappa shape index (κ3) is 3.47. The van der Waals surface area contributed by atoms with E-state index in [9.17, 15) is 0 Å². The highest BCUT2D eigenvalue weighted by Crippen LogP contribution is 2.43. The van der Waals surface area contributed by atoms with Crippen molar-refractivity contribution in [3.8, 4) is 22.8 Å². The summed E-state index contributed by atoms with van der Waals surface area (Å²) in [5, 5.41) is 7.73. The molecule has 144 valence electrons. The molecule has 2 aliphatic heterocycles. The molecule has 0 radical (unpaired) electrons. The molecule has 4 heterocycles. The van der Waals surface area contributed by atoms with Crippen LogP contribution in [0.1, 0.15) is 12.8 Å². The Labute approximate surface area is 168 Å². The molecule has 1 saturated heterocycles. The molecule has 3 aromatic rings. The van der Waals surface area contributed by atoms with Gasteiger partial charge in [0.05, 0.1) is 23.5 Å². The van der Waals surface area contributed by atoms with E-state index < -0.39 is 0 Å². The Morgan fingerprint density at radius 3 is 2.96 bits per heavy atom. The van der Waals surface area contributed by atoms with Crippen LogP contribution < -0.4 is 15.0 Å². The number of nitrogens with one attached hydrogen (secondary N) is 1. The van der Waals surface area contributed by atoms with Gasteiger partial charge in [-0.05, 0) is 43.7 Å². The molecule has 5 rings (SSSR count). The fourth-order valence-electron chi connectivity index (χ4n) is 3.84. The van der Waals surface area contributed by atoms with Crippen molar-refractivity contribution in [3.05, 3.63) is 48.9 Å². The minimum Gasteiger partial charge on any atom is -0.457 e. The molecule has 1 atom stereocenters. The summed E-state index contributed by atoms with van der Waals surface area (Å²) in [5.74, 6) is 2.66. The van der Waals surface area contributed by atoms with E-state index in [0.29, 0.717) is 6.04 Å². The third-order valence-corrected chi connectivity index (χ3v) is 6.32. The Morgan fingerprint density at radius 2 is 2.14 bits per heavy atom. The van der Waals surface area contributed by atoms with E-state index in [1.165, 1.54) is 23.4 Å². The molecule has 0 amide bonds. The molecule has 1 N–H and O–H groups in total. The van der Waals surface area contributed by atoms with E-state index in [1.54, 1.807) is 10.9 Å². The predicted octanol–water partition coefficient (Wildman–Crippen LogP) is 3.90. The molecule has 1 fully saturated rings. The van der Waals surface area contributed by atoms with Gasteiger partial charge in [-0.15, -0.1) is 11.8 Å². The van der Waals surface area contributed by atoms with Crippen LogP contribution >= 0.6 is 11.8 Å². The highest BCUT2D eigenvalue weighted by molar-refractivity contribution is 7.99. The van der Waals surface area contributed by atoms with Gasteiger partial charge >= 0.3 is 0 Å². The molecule has 0 unspecified atom stereocenters. The molecular weight excluding hydrogens is 370 g/mol. The zero-order chi connectivity index (χ0) is 18.9. The summed E-state index contributed by atoms with van der Waals surface area (Å²) in [6.07, 6.45) is 8.06. The summed E-state index contributed by atoms with van der Waals surface area (Å²) >= 11 is 1.89. The minimum absolute atomic E-state index is 0.594. The van der Waals surface area contributed by atoms with Gasteiger partial charge in [0.15, 0.2) is 0 Å². The van der Waals surface area contributed by atoms with Crippen LogP contribution in [0.4, 0.5) is 5.69 Å². The quantitative estimate of drug-likeness (QED) is 0.726. The Balaban J connectivity index is 1.34. The van der Waals surface area contributed by atoms with E-state index in [-0.39, 0.29) is 0 Å². The number of fused-ring (bicyclic) bond motifs is 1. The van der Waals surface area contributed by atoms with Crippen LogP contribution in [-0.4, -0.2) is 39.8 Å². The maximum absolute atomic E-state index is 6.14. The zero-order valence-corrected chi connectivity index (χ0v) is 16.7. The van der Waals surface area contributed by atoms with E-state index >= 15 is 0 Å². The molecule has 2 aliphatic rings. The molecule has 2 aromatic heterocycles. The Kier molecular flexibility index (Phi) is 4.70. The zero-order valence-electron chi connectivity index (χ0n) is 15.8. The average molecular weight is 394 g/mol. The van der Waals surface area contributed by atoms with Crippen molar-refractivity contribution in [2.24, 2.45) is 7.05 Å². The highest BCUT2D eigenvalue weighted by atomic mass is 32.2. The monoisotopic (exact) mass is 393 g/mol. The third-order valence-electron chi connectivity index (χ3n) is 5.28. The van der Waals surface area contributed by atoms with Crippen LogP contribution in [0.25, 0.3) is 11.3 Å². The van der Waals surface area contributed by atoms with Crippen molar-refractivity contribution in [2.45, 2.75) is 23.8 Å². The number of aromatic nitrogens is 3. The molecule has 7 heteroatoms. The first kappa shape index (κ1) is 17.6. The Hall–Kier alpha value is -2.51. The lowest BCUT2D eigenvalue weighted by atomic mass is 10.1. The van der Waals surface area contributed by atoms with E-state index in [0.717, 1.165) is 41.7 Å². The average Bonchev–Trinajstić information content (AvgIpc) is 3.35. The number of hydrogen-bond donors (Lipinski definition) is 1. The lowest BCUT2D eigenvalue weighted by Crippen LogP contribution is -2.45. The second-order valence-electron chi connectivity index (χ2n) is 7.25. The first-order chi connectivity index (χ1) is 13.8. The van der Waals surface area contributed by atoms with Crippen molar-refractivity contribution in [1.82, 2.24) is 20.1 Å². The van der Waals surface area contributed by atoms with Gasteiger partial charge in [-0.3, -0.25) is 9.67 Å². The summed E-state index contributed by atoms with van der Waals surface area (Å²) in [6.45, 7) is 2.22. The van der Waals surface area contributed by atoms with Gasteiger partial charge in [0.1, 0.15) is 11.5 Å². The van der Waals surface area contributed by atoms with Gasteiger partial charge < -0.3 is 15.0 Å². The number of pyridine rings is 1. The number of aryl methyl sites for hydroxylation is 1. The molecule has 0 bridgehead atoms. The van der Waals surface area contributed by atoms with Crippen LogP contribution in [0.3, 0.4) is 0 Å². The van der Waals surface area contributed by atoms with Crippen molar-refractivity contribution in [3.63, 3.8) is 0 Å². The van der Waals surface area contributed by atoms with Crippen LogP contribution in [0.2, 0.25) is 0 Å². The summed E-state index contributed by atoms with van der Waals surface area (Å²) in [7, 11) is 1.90. The van der Waals surface area contributed by atoms with Gasteiger partial charge in [0.25, 0.3) is 0 Å². The maximum Gasteiger partial charge on any atom is 0.131 e. The second-order valence-corrected chi connectivity index (χ2v) is 8.24. The van der Waals surface area contributed by atoms with Crippen molar-refractivity contribution < 1.29 is 4.74 Å². The molecule has 0 aliphatic carbocycles. The molecule has 1 aromatic carbocycles. The largest absolute Gasteiger partial charge is 0.457 e. The van der Waals surface area contributed by atoms with Gasteiger partial charge in [-0.25, -0.2) is 0 Å². The standard InChI is InChI=1S/C21H23N5OS/c1-25-13-15(11-24-25)19-9-18(6-8-23-19)27-17-4-5-20-21(10-17)28-14-26(20)16-3-2-7-22-12-16/h4-6,8-11,13,16,22H,2-3,7,12,14H2,1H3/t16-/m0/s1. The van der Waals surface area contributed by atoms with Gasteiger partial charge in [0, 0.05) is 48.6 Å². The summed E-state index contributed by atoms with van der Waals surface area (Å²) in [5.41, 5.74) is 3.17. The lowest BCUT2D eigenvalue weighted by Gasteiger charge is -2.33. The first-order valence-corrected chi connectivity index (χ1v) is 10.6. The van der Waals surface area contributed by atoms with Crippen LogP contribution in [0.15, 0.2) is 53.8 Å². The number of rotatable bonds is 4. The van der Waals surface area contributed by atoms with Crippen LogP contribution in [0.5, 0.6) is 11.5 Å². The Morgan fingerprint density at radius 1 is 1.21 bits per heavy atom. The number of anilines is 1. The predicted molar refractivity (Wildman–Crippen MR) is 112 cm³/mol. The van der Waals surface area contributed by atoms with E-state index in [2.05, 4.69) is 38.5 Å². The van der Waals surface area contributed by atoms with Gasteiger partial charge in [0.2, 0.25) is 0 Å². The molecule has 0 spiro atoms. The Bertz CT molecular complexity index is 982. The van der Waals surface area contributed by atoms with Crippen molar-refractivity contribution in [2.75, 3.05) is 23.9 Å². The minimum atomic E-state index is 0.594.